The highest BCUT2D eigenvalue weighted by Gasteiger charge is 2.25. The van der Waals surface area contributed by atoms with Gasteiger partial charge < -0.3 is 19.3 Å². The van der Waals surface area contributed by atoms with E-state index in [1.165, 1.54) is 0 Å². The molecule has 8 heteroatoms. The molecule has 2 aromatic rings. The van der Waals surface area contributed by atoms with E-state index >= 15 is 0 Å². The van der Waals surface area contributed by atoms with Crippen LogP contribution in [0, 0.1) is 0 Å². The summed E-state index contributed by atoms with van der Waals surface area (Å²) >= 11 is 0. The second-order valence-electron chi connectivity index (χ2n) is 6.63. The zero-order valence-electron chi connectivity index (χ0n) is 14.9. The molecule has 0 bridgehead atoms. The quantitative estimate of drug-likeness (QED) is 0.853. The Kier molecular flexibility index (Phi) is 6.48. The second kappa shape index (κ2) is 8.81. The number of hydrogen-bond acceptors (Lipinski definition) is 7. The second-order valence-corrected chi connectivity index (χ2v) is 6.63. The van der Waals surface area contributed by atoms with Crippen molar-refractivity contribution in [2.45, 2.75) is 25.0 Å². The topological polar surface area (TPSA) is 72.7 Å². The van der Waals surface area contributed by atoms with Gasteiger partial charge in [0.25, 0.3) is 5.89 Å². The van der Waals surface area contributed by atoms with Gasteiger partial charge in [-0.25, -0.2) is 0 Å². The maximum absolute atomic E-state index is 5.86. The van der Waals surface area contributed by atoms with Crippen LogP contribution in [-0.4, -0.2) is 61.0 Å². The Hall–Kier alpha value is -1.67. The molecule has 2 aliphatic heterocycles. The summed E-state index contributed by atoms with van der Waals surface area (Å²) < 4.78 is 16.9. The molecule has 4 rings (SSSR count). The molecule has 142 valence electrons. The number of ether oxygens (including phenoxy) is 2. The van der Waals surface area contributed by atoms with E-state index in [9.17, 15) is 0 Å². The lowest BCUT2D eigenvalue weighted by Gasteiger charge is -2.30. The van der Waals surface area contributed by atoms with Gasteiger partial charge in [0.1, 0.15) is 12.4 Å². The zero-order valence-corrected chi connectivity index (χ0v) is 15.7. The Bertz CT molecular complexity index is 705. The molecule has 0 saturated carbocycles. The Morgan fingerprint density at radius 1 is 1.38 bits per heavy atom. The van der Waals surface area contributed by atoms with E-state index in [0.29, 0.717) is 12.5 Å². The highest BCUT2D eigenvalue weighted by molar-refractivity contribution is 5.85. The molecule has 0 radical (unpaired) electrons. The number of rotatable bonds is 5. The van der Waals surface area contributed by atoms with Crippen LogP contribution in [0.25, 0.3) is 11.5 Å². The Balaban J connectivity index is 0.00000196. The average molecular weight is 381 g/mol. The molecule has 2 aliphatic rings. The summed E-state index contributed by atoms with van der Waals surface area (Å²) in [5.41, 5.74) is 0.870. The summed E-state index contributed by atoms with van der Waals surface area (Å²) in [5.74, 6) is 2.04. The van der Waals surface area contributed by atoms with Crippen LogP contribution in [0.15, 0.2) is 28.8 Å². The van der Waals surface area contributed by atoms with Crippen molar-refractivity contribution in [2.75, 3.05) is 39.9 Å². The Morgan fingerprint density at radius 3 is 3.12 bits per heavy atom. The van der Waals surface area contributed by atoms with E-state index in [1.54, 1.807) is 0 Å². The first-order valence-electron chi connectivity index (χ1n) is 8.89. The Labute approximate surface area is 159 Å². The largest absolute Gasteiger partial charge is 0.491 e. The number of nitrogens with zero attached hydrogens (tertiary/aromatic N) is 3. The third-order valence-corrected chi connectivity index (χ3v) is 4.79. The number of piperazine rings is 1. The first-order valence-corrected chi connectivity index (χ1v) is 8.89. The predicted molar refractivity (Wildman–Crippen MR) is 99.7 cm³/mol. The highest BCUT2D eigenvalue weighted by Crippen LogP contribution is 2.26. The van der Waals surface area contributed by atoms with Crippen LogP contribution in [-0.2, 0) is 4.74 Å². The van der Waals surface area contributed by atoms with Crippen molar-refractivity contribution in [1.82, 2.24) is 20.4 Å². The van der Waals surface area contributed by atoms with Gasteiger partial charge in [0.15, 0.2) is 5.82 Å². The van der Waals surface area contributed by atoms with Crippen molar-refractivity contribution >= 4 is 12.4 Å². The number of benzene rings is 1. The van der Waals surface area contributed by atoms with Crippen molar-refractivity contribution in [2.24, 2.45) is 0 Å². The molecule has 2 unspecified atom stereocenters. The minimum atomic E-state index is 0. The lowest BCUT2D eigenvalue weighted by Crippen LogP contribution is -2.44. The molecule has 7 nitrogen and oxygen atoms in total. The minimum absolute atomic E-state index is 0. The normalized spacial score (nSPS) is 23.6. The fraction of sp³-hybridized carbons (Fsp3) is 0.556. The molecule has 2 fully saturated rings. The van der Waals surface area contributed by atoms with Crippen LogP contribution in [0.1, 0.15) is 24.7 Å². The third kappa shape index (κ3) is 4.35. The molecule has 2 saturated heterocycles. The molecule has 3 heterocycles. The van der Waals surface area contributed by atoms with Crippen molar-refractivity contribution in [3.63, 3.8) is 0 Å². The van der Waals surface area contributed by atoms with Crippen LogP contribution in [0.3, 0.4) is 0 Å². The lowest BCUT2D eigenvalue weighted by molar-refractivity contribution is 0.0680. The summed E-state index contributed by atoms with van der Waals surface area (Å²) in [6.45, 7) is 4.21. The summed E-state index contributed by atoms with van der Waals surface area (Å²) in [5, 5.41) is 7.55. The number of nitrogens with one attached hydrogen (secondary N) is 1. The molecule has 1 N–H and O–H groups in total. The molecule has 1 aromatic heterocycles. The zero-order chi connectivity index (χ0) is 17.1. The number of likely N-dealkylation sites (N-methyl/N-ethyl adjacent to an activating group) is 1. The molecule has 0 amide bonds. The summed E-state index contributed by atoms with van der Waals surface area (Å²) in [6, 6.07) is 7.92. The van der Waals surface area contributed by atoms with E-state index in [2.05, 4.69) is 27.4 Å². The summed E-state index contributed by atoms with van der Waals surface area (Å²) in [7, 11) is 2.08. The molecule has 2 atom stereocenters. The summed E-state index contributed by atoms with van der Waals surface area (Å²) in [6.07, 6.45) is 2.38. The van der Waals surface area contributed by atoms with Gasteiger partial charge in [-0.3, -0.25) is 4.90 Å². The molecule has 26 heavy (non-hydrogen) atoms. The molecule has 0 spiro atoms. The van der Waals surface area contributed by atoms with Gasteiger partial charge in [0.05, 0.1) is 12.1 Å². The maximum atomic E-state index is 5.86. The average Bonchev–Trinajstić information content (AvgIpc) is 3.33. The SMILES string of the molecule is CN1CCNCC1c1noc(-c2cccc(OCC3CCCO3)c2)n1.Cl. The monoisotopic (exact) mass is 380 g/mol. The van der Waals surface area contributed by atoms with Crippen molar-refractivity contribution in [1.29, 1.82) is 0 Å². The molecular weight excluding hydrogens is 356 g/mol. The van der Waals surface area contributed by atoms with Crippen molar-refractivity contribution < 1.29 is 14.0 Å². The van der Waals surface area contributed by atoms with Gasteiger partial charge in [-0.1, -0.05) is 11.2 Å². The lowest BCUT2D eigenvalue weighted by atomic mass is 10.2. The maximum Gasteiger partial charge on any atom is 0.258 e. The van der Waals surface area contributed by atoms with Gasteiger partial charge in [-0.15, -0.1) is 12.4 Å². The fourth-order valence-corrected chi connectivity index (χ4v) is 3.27. The standard InChI is InChI=1S/C18H24N4O3.ClH/c1-22-8-7-19-11-16(22)17-20-18(25-21-17)13-4-2-5-14(10-13)24-12-15-6-3-9-23-15;/h2,4-5,10,15-16,19H,3,6-9,11-12H2,1H3;1H. The van der Waals surface area contributed by atoms with Gasteiger partial charge in [-0.2, -0.15) is 4.98 Å². The van der Waals surface area contributed by atoms with Crippen LogP contribution in [0.4, 0.5) is 0 Å². The number of aromatic nitrogens is 2. The van der Waals surface area contributed by atoms with E-state index < -0.39 is 0 Å². The fourth-order valence-electron chi connectivity index (χ4n) is 3.27. The first kappa shape index (κ1) is 19.1. The van der Waals surface area contributed by atoms with Crippen LogP contribution < -0.4 is 10.1 Å². The van der Waals surface area contributed by atoms with Crippen molar-refractivity contribution in [3.8, 4) is 17.2 Å². The van der Waals surface area contributed by atoms with Gasteiger partial charge >= 0.3 is 0 Å². The molecule has 1 aromatic carbocycles. The van der Waals surface area contributed by atoms with Gasteiger partial charge in [0.2, 0.25) is 0 Å². The minimum Gasteiger partial charge on any atom is -0.491 e. The first-order chi connectivity index (χ1) is 12.3. The predicted octanol–water partition coefficient (Wildman–Crippen LogP) is 2.29. The van der Waals surface area contributed by atoms with E-state index in [1.807, 2.05) is 24.3 Å². The highest BCUT2D eigenvalue weighted by atomic mass is 35.5. The van der Waals surface area contributed by atoms with Gasteiger partial charge in [-0.05, 0) is 38.1 Å². The van der Waals surface area contributed by atoms with E-state index in [4.69, 9.17) is 14.0 Å². The smallest absolute Gasteiger partial charge is 0.258 e. The Morgan fingerprint density at radius 2 is 2.31 bits per heavy atom. The van der Waals surface area contributed by atoms with Crippen LogP contribution in [0.5, 0.6) is 5.75 Å². The van der Waals surface area contributed by atoms with Gasteiger partial charge in [0, 0.05) is 31.8 Å². The van der Waals surface area contributed by atoms with E-state index in [0.717, 1.165) is 56.2 Å². The molecule has 0 aliphatic carbocycles. The summed E-state index contributed by atoms with van der Waals surface area (Å²) in [4.78, 5) is 6.84. The number of halogens is 1. The van der Waals surface area contributed by atoms with Crippen molar-refractivity contribution in [3.05, 3.63) is 30.1 Å². The van der Waals surface area contributed by atoms with E-state index in [-0.39, 0.29) is 24.6 Å². The van der Waals surface area contributed by atoms with Crippen LogP contribution >= 0.6 is 12.4 Å². The molecular formula is C18H25ClN4O3. The van der Waals surface area contributed by atoms with Crippen LogP contribution in [0.2, 0.25) is 0 Å². The third-order valence-electron chi connectivity index (χ3n) is 4.79. The number of hydrogen-bond donors (Lipinski definition) is 1.